The van der Waals surface area contributed by atoms with Crippen LogP contribution in [0.15, 0.2) is 0 Å². The molecule has 0 aromatic heterocycles. The molecule has 0 aromatic carbocycles. The molecule has 1 rings (SSSR count). The largest absolute Gasteiger partial charge is 0.461 e. The van der Waals surface area contributed by atoms with Gasteiger partial charge in [-0.3, -0.25) is 4.79 Å². The Hall–Kier alpha value is 0.120. The molecular weight excluding hydrogens is 345 g/mol. The zero-order chi connectivity index (χ0) is 14.4. The molecule has 0 bridgehead atoms. The van der Waals surface area contributed by atoms with Crippen molar-refractivity contribution in [3.05, 3.63) is 0 Å². The molecule has 1 aliphatic rings. The van der Waals surface area contributed by atoms with Crippen LogP contribution in [0.5, 0.6) is 0 Å². The zero-order valence-electron chi connectivity index (χ0n) is 12.0. The highest BCUT2D eigenvalue weighted by Gasteiger charge is 2.48. The molecule has 0 aromatic rings. The van der Waals surface area contributed by atoms with Gasteiger partial charge in [0.2, 0.25) is 0 Å². The summed E-state index contributed by atoms with van der Waals surface area (Å²) >= 11 is 2.07. The normalized spacial score (nSPS) is 24.9. The Balaban J connectivity index is 2.79. The highest BCUT2D eigenvalue weighted by molar-refractivity contribution is 14.1. The third kappa shape index (κ3) is 3.57. The molecule has 105 valence electrons. The van der Waals surface area contributed by atoms with Crippen molar-refractivity contribution in [2.75, 3.05) is 0 Å². The molecular formula is C13H23INO3. The van der Waals surface area contributed by atoms with Gasteiger partial charge in [0.15, 0.2) is 0 Å². The van der Waals surface area contributed by atoms with E-state index in [4.69, 9.17) is 4.74 Å². The third-order valence-electron chi connectivity index (χ3n) is 3.31. The van der Waals surface area contributed by atoms with Crippen molar-refractivity contribution in [1.82, 2.24) is 5.06 Å². The molecule has 0 unspecified atom stereocenters. The van der Waals surface area contributed by atoms with E-state index in [1.807, 2.05) is 41.5 Å². The van der Waals surface area contributed by atoms with Crippen molar-refractivity contribution >= 4 is 28.6 Å². The molecule has 1 saturated heterocycles. The standard InChI is InChI=1S/C13H23INO3/c1-11(2)7-9(8-12(3,4)15(11)17)18-10(16)13(5,6)14/h9H,7-8H2,1-6H3. The number of hydrogen-bond acceptors (Lipinski definition) is 3. The van der Waals surface area contributed by atoms with Crippen LogP contribution in [0, 0.1) is 0 Å². The summed E-state index contributed by atoms with van der Waals surface area (Å²) in [5.41, 5.74) is -0.996. The Labute approximate surface area is 123 Å². The summed E-state index contributed by atoms with van der Waals surface area (Å²) in [5, 5.41) is 13.3. The van der Waals surface area contributed by atoms with E-state index in [1.54, 1.807) is 0 Å². The first-order chi connectivity index (χ1) is 7.86. The summed E-state index contributed by atoms with van der Waals surface area (Å²) < 4.78 is 5.04. The Morgan fingerprint density at radius 3 is 1.94 bits per heavy atom. The first kappa shape index (κ1) is 16.2. The SMILES string of the molecule is CC(C)(I)C(=O)OC1CC(C)(C)N([O])C(C)(C)C1. The fourth-order valence-corrected chi connectivity index (χ4v) is 2.67. The van der Waals surface area contributed by atoms with Gasteiger partial charge in [0, 0.05) is 23.9 Å². The van der Waals surface area contributed by atoms with E-state index < -0.39 is 14.5 Å². The number of nitrogens with zero attached hydrogens (tertiary/aromatic N) is 1. The second kappa shape index (κ2) is 4.90. The molecule has 18 heavy (non-hydrogen) atoms. The number of carbonyl (C=O) groups excluding carboxylic acids is 1. The van der Waals surface area contributed by atoms with E-state index in [9.17, 15) is 10.0 Å². The van der Waals surface area contributed by atoms with Crippen LogP contribution in [0.3, 0.4) is 0 Å². The lowest BCUT2D eigenvalue weighted by Gasteiger charge is -2.49. The van der Waals surface area contributed by atoms with E-state index >= 15 is 0 Å². The molecule has 0 amide bonds. The van der Waals surface area contributed by atoms with Gasteiger partial charge < -0.3 is 4.74 Å². The van der Waals surface area contributed by atoms with E-state index in [0.29, 0.717) is 12.8 Å². The van der Waals surface area contributed by atoms with Gasteiger partial charge >= 0.3 is 5.97 Å². The molecule has 0 spiro atoms. The maximum atomic E-state index is 12.2. The predicted molar refractivity (Wildman–Crippen MR) is 77.9 cm³/mol. The number of alkyl halides is 1. The molecule has 4 nitrogen and oxygen atoms in total. The van der Waals surface area contributed by atoms with Gasteiger partial charge in [-0.05, 0) is 41.5 Å². The van der Waals surface area contributed by atoms with Crippen LogP contribution in [-0.2, 0) is 14.7 Å². The molecule has 0 N–H and O–H groups in total. The number of piperidine rings is 1. The number of ether oxygens (including phenoxy) is 1. The monoisotopic (exact) mass is 368 g/mol. The van der Waals surface area contributed by atoms with Gasteiger partial charge in [-0.15, -0.1) is 10.3 Å². The lowest BCUT2D eigenvalue weighted by atomic mass is 9.80. The topological polar surface area (TPSA) is 49.4 Å². The minimum atomic E-state index is -0.527. The van der Waals surface area contributed by atoms with Gasteiger partial charge in [0.05, 0.1) is 0 Å². The summed E-state index contributed by atoms with van der Waals surface area (Å²) in [5.74, 6) is -0.209. The van der Waals surface area contributed by atoms with Gasteiger partial charge in [0.25, 0.3) is 0 Å². The minimum Gasteiger partial charge on any atom is -0.461 e. The van der Waals surface area contributed by atoms with E-state index in [2.05, 4.69) is 22.6 Å². The smallest absolute Gasteiger partial charge is 0.321 e. The van der Waals surface area contributed by atoms with Crippen molar-refractivity contribution in [3.8, 4) is 0 Å². The summed E-state index contributed by atoms with van der Waals surface area (Å²) in [6.45, 7) is 11.3. The number of hydroxylamine groups is 2. The van der Waals surface area contributed by atoms with Crippen LogP contribution in [0.4, 0.5) is 0 Å². The molecule has 0 saturated carbocycles. The average Bonchev–Trinajstić information content (AvgIpc) is 2.11. The fraction of sp³-hybridized carbons (Fsp3) is 0.923. The minimum absolute atomic E-state index is 0.179. The van der Waals surface area contributed by atoms with Crippen molar-refractivity contribution in [3.63, 3.8) is 0 Å². The number of carbonyl (C=O) groups is 1. The van der Waals surface area contributed by atoms with E-state index in [-0.39, 0.29) is 12.1 Å². The molecule has 0 aliphatic carbocycles. The van der Waals surface area contributed by atoms with Crippen LogP contribution >= 0.6 is 22.6 Å². The number of hydrogen-bond donors (Lipinski definition) is 0. The zero-order valence-corrected chi connectivity index (χ0v) is 14.2. The molecule has 1 fully saturated rings. The lowest BCUT2D eigenvalue weighted by molar-refractivity contribution is -0.299. The quantitative estimate of drug-likeness (QED) is 0.428. The van der Waals surface area contributed by atoms with Crippen molar-refractivity contribution in [1.29, 1.82) is 0 Å². The Morgan fingerprint density at radius 2 is 1.61 bits per heavy atom. The van der Waals surface area contributed by atoms with Gasteiger partial charge in [0.1, 0.15) is 9.53 Å². The number of halogens is 1. The van der Waals surface area contributed by atoms with Crippen LogP contribution in [-0.4, -0.2) is 31.6 Å². The maximum Gasteiger partial charge on any atom is 0.321 e. The highest BCUT2D eigenvalue weighted by Crippen LogP contribution is 2.38. The molecule has 1 aliphatic heterocycles. The second-order valence-corrected chi connectivity index (χ2v) is 9.52. The maximum absolute atomic E-state index is 12.2. The molecule has 1 heterocycles. The fourth-order valence-electron chi connectivity index (χ4n) is 2.55. The summed E-state index contributed by atoms with van der Waals surface area (Å²) in [7, 11) is 0. The van der Waals surface area contributed by atoms with E-state index in [1.165, 1.54) is 0 Å². The predicted octanol–water partition coefficient (Wildman–Crippen LogP) is 3.11. The number of rotatable bonds is 2. The van der Waals surface area contributed by atoms with Crippen LogP contribution < -0.4 is 0 Å². The van der Waals surface area contributed by atoms with Gasteiger partial charge in [-0.25, -0.2) is 0 Å². The van der Waals surface area contributed by atoms with Crippen LogP contribution in [0.1, 0.15) is 54.4 Å². The summed E-state index contributed by atoms with van der Waals surface area (Å²) in [4.78, 5) is 11.9. The highest BCUT2D eigenvalue weighted by atomic mass is 127. The Bertz CT molecular complexity index is 316. The number of esters is 1. The van der Waals surface area contributed by atoms with Crippen LogP contribution in [0.25, 0.3) is 0 Å². The van der Waals surface area contributed by atoms with E-state index in [0.717, 1.165) is 5.06 Å². The van der Waals surface area contributed by atoms with Gasteiger partial charge in [-0.2, -0.15) is 0 Å². The first-order valence-electron chi connectivity index (χ1n) is 6.24. The second-order valence-electron chi connectivity index (χ2n) is 6.83. The van der Waals surface area contributed by atoms with Crippen LogP contribution in [0.2, 0.25) is 0 Å². The Morgan fingerprint density at radius 1 is 1.22 bits per heavy atom. The average molecular weight is 368 g/mol. The molecule has 1 radical (unpaired) electrons. The summed E-state index contributed by atoms with van der Waals surface area (Å²) in [6.07, 6.45) is 0.985. The van der Waals surface area contributed by atoms with Crippen molar-refractivity contribution in [2.45, 2.75) is 75.0 Å². The lowest BCUT2D eigenvalue weighted by Crippen LogP contribution is -2.60. The molecule has 0 atom stereocenters. The Kier molecular flexibility index (Phi) is 4.41. The molecule has 5 heteroatoms. The van der Waals surface area contributed by atoms with Crippen molar-refractivity contribution < 1.29 is 14.7 Å². The van der Waals surface area contributed by atoms with Gasteiger partial charge in [-0.1, -0.05) is 22.6 Å². The first-order valence-corrected chi connectivity index (χ1v) is 7.32. The van der Waals surface area contributed by atoms with Crippen molar-refractivity contribution in [2.24, 2.45) is 0 Å². The third-order valence-corrected chi connectivity index (χ3v) is 3.75. The summed E-state index contributed by atoms with van der Waals surface area (Å²) in [6, 6.07) is 0.